The average Bonchev–Trinajstić information content (AvgIpc) is 2.16. The molecular formula is C9H7F3O3. The lowest BCUT2D eigenvalue weighted by molar-refractivity contribution is -0.0885. The second-order valence-electron chi connectivity index (χ2n) is 2.71. The van der Waals surface area contributed by atoms with Gasteiger partial charge in [0.1, 0.15) is 0 Å². The molecule has 0 aliphatic heterocycles. The van der Waals surface area contributed by atoms with Crippen molar-refractivity contribution >= 4 is 5.78 Å². The molecule has 0 bridgehead atoms. The van der Waals surface area contributed by atoms with Gasteiger partial charge in [-0.25, -0.2) is 0 Å². The van der Waals surface area contributed by atoms with Gasteiger partial charge in [0, 0.05) is 5.56 Å². The Labute approximate surface area is 83.1 Å². The Morgan fingerprint density at radius 1 is 1.40 bits per heavy atom. The topological polar surface area (TPSA) is 46.5 Å². The van der Waals surface area contributed by atoms with Crippen LogP contribution >= 0.6 is 0 Å². The van der Waals surface area contributed by atoms with Crippen LogP contribution in [-0.2, 0) is 0 Å². The number of carbonyl (C=O) groups excluding carboxylic acids is 1. The molecule has 0 amide bonds. The molecule has 3 nitrogen and oxygen atoms in total. The summed E-state index contributed by atoms with van der Waals surface area (Å²) in [6, 6.07) is 2.69. The van der Waals surface area contributed by atoms with Crippen molar-refractivity contribution in [2.45, 2.75) is 6.18 Å². The van der Waals surface area contributed by atoms with Gasteiger partial charge in [-0.3, -0.25) is 4.79 Å². The number of hydrogen-bond acceptors (Lipinski definition) is 3. The molecule has 82 valence electrons. The summed E-state index contributed by atoms with van der Waals surface area (Å²) in [6.07, 6.45) is -4.93. The normalized spacial score (nSPS) is 11.2. The summed E-state index contributed by atoms with van der Waals surface area (Å²) in [7, 11) is 1.18. The number of rotatable bonds is 2. The van der Waals surface area contributed by atoms with Crippen molar-refractivity contribution < 1.29 is 27.8 Å². The Hall–Kier alpha value is -1.72. The smallest absolute Gasteiger partial charge is 0.454 e. The summed E-state index contributed by atoms with van der Waals surface area (Å²) < 4.78 is 40.6. The minimum Gasteiger partial charge on any atom is -0.504 e. The van der Waals surface area contributed by atoms with Gasteiger partial charge < -0.3 is 9.84 Å². The molecule has 1 aromatic rings. The molecule has 1 aromatic carbocycles. The summed E-state index contributed by atoms with van der Waals surface area (Å²) in [4.78, 5) is 10.8. The third-order valence-corrected chi connectivity index (χ3v) is 1.70. The Bertz CT molecular complexity index is 385. The molecule has 0 fully saturated rings. The van der Waals surface area contributed by atoms with Crippen LogP contribution in [0.4, 0.5) is 13.2 Å². The van der Waals surface area contributed by atoms with Gasteiger partial charge in [-0.1, -0.05) is 0 Å². The maximum absolute atomic E-state index is 12.0. The second-order valence-corrected chi connectivity index (χ2v) is 2.71. The van der Waals surface area contributed by atoms with Crippen molar-refractivity contribution in [2.24, 2.45) is 0 Å². The SMILES string of the molecule is COc1cc(C(=O)C(F)(F)F)ccc1O. The van der Waals surface area contributed by atoms with Crippen molar-refractivity contribution in [2.75, 3.05) is 7.11 Å². The van der Waals surface area contributed by atoms with Gasteiger partial charge >= 0.3 is 6.18 Å². The van der Waals surface area contributed by atoms with Gasteiger partial charge in [0.25, 0.3) is 5.78 Å². The molecule has 0 aliphatic carbocycles. The zero-order chi connectivity index (χ0) is 11.6. The van der Waals surface area contributed by atoms with Gasteiger partial charge in [-0.15, -0.1) is 0 Å². The first kappa shape index (κ1) is 11.4. The molecule has 0 radical (unpaired) electrons. The van der Waals surface area contributed by atoms with Crippen LogP contribution in [0, 0.1) is 0 Å². The van der Waals surface area contributed by atoms with Crippen molar-refractivity contribution in [3.8, 4) is 11.5 Å². The molecule has 0 heterocycles. The number of alkyl halides is 3. The van der Waals surface area contributed by atoms with Crippen LogP contribution < -0.4 is 4.74 Å². The predicted molar refractivity (Wildman–Crippen MR) is 45.0 cm³/mol. The van der Waals surface area contributed by atoms with Gasteiger partial charge in [0.05, 0.1) is 7.11 Å². The van der Waals surface area contributed by atoms with E-state index in [0.717, 1.165) is 18.2 Å². The van der Waals surface area contributed by atoms with Crippen LogP contribution in [0.3, 0.4) is 0 Å². The minimum absolute atomic E-state index is 0.176. The van der Waals surface area contributed by atoms with Crippen molar-refractivity contribution in [1.82, 2.24) is 0 Å². The van der Waals surface area contributed by atoms with E-state index in [9.17, 15) is 18.0 Å². The molecule has 0 spiro atoms. The second kappa shape index (κ2) is 3.80. The first-order chi connectivity index (χ1) is 6.86. The molecule has 0 saturated carbocycles. The molecule has 0 saturated heterocycles. The quantitative estimate of drug-likeness (QED) is 0.776. The van der Waals surface area contributed by atoms with Crippen molar-refractivity contribution in [3.05, 3.63) is 23.8 Å². The lowest BCUT2D eigenvalue weighted by atomic mass is 10.1. The van der Waals surface area contributed by atoms with E-state index in [4.69, 9.17) is 5.11 Å². The number of ether oxygens (including phenoxy) is 1. The predicted octanol–water partition coefficient (Wildman–Crippen LogP) is 2.15. The monoisotopic (exact) mass is 220 g/mol. The Morgan fingerprint density at radius 3 is 2.47 bits per heavy atom. The van der Waals surface area contributed by atoms with Crippen LogP contribution in [0.5, 0.6) is 11.5 Å². The molecule has 0 aliphatic rings. The highest BCUT2D eigenvalue weighted by atomic mass is 19.4. The maximum Gasteiger partial charge on any atom is 0.454 e. The fraction of sp³-hybridized carbons (Fsp3) is 0.222. The van der Waals surface area contributed by atoms with Gasteiger partial charge in [-0.05, 0) is 18.2 Å². The van der Waals surface area contributed by atoms with Crippen LogP contribution in [0.2, 0.25) is 0 Å². The van der Waals surface area contributed by atoms with Gasteiger partial charge in [0.2, 0.25) is 0 Å². The van der Waals surface area contributed by atoms with E-state index in [-0.39, 0.29) is 11.5 Å². The van der Waals surface area contributed by atoms with Crippen molar-refractivity contribution in [3.63, 3.8) is 0 Å². The van der Waals surface area contributed by atoms with E-state index in [0.29, 0.717) is 0 Å². The fourth-order valence-electron chi connectivity index (χ4n) is 0.983. The van der Waals surface area contributed by atoms with E-state index in [1.807, 2.05) is 0 Å². The number of Topliss-reactive ketones (excluding diaryl/α,β-unsaturated/α-hetero) is 1. The Balaban J connectivity index is 3.12. The molecular weight excluding hydrogens is 213 g/mol. The third-order valence-electron chi connectivity index (χ3n) is 1.70. The number of benzene rings is 1. The summed E-state index contributed by atoms with van der Waals surface area (Å²) in [6.45, 7) is 0. The van der Waals surface area contributed by atoms with E-state index in [1.165, 1.54) is 7.11 Å². The van der Waals surface area contributed by atoms with E-state index in [2.05, 4.69) is 4.74 Å². The fourth-order valence-corrected chi connectivity index (χ4v) is 0.983. The number of ketones is 1. The van der Waals surface area contributed by atoms with E-state index >= 15 is 0 Å². The van der Waals surface area contributed by atoms with Crippen LogP contribution in [-0.4, -0.2) is 24.2 Å². The molecule has 1 rings (SSSR count). The number of halogens is 3. The number of aromatic hydroxyl groups is 1. The Kier molecular flexibility index (Phi) is 2.88. The third kappa shape index (κ3) is 2.39. The largest absolute Gasteiger partial charge is 0.504 e. The highest BCUT2D eigenvalue weighted by molar-refractivity contribution is 6.00. The summed E-state index contributed by atoms with van der Waals surface area (Å²) in [5.41, 5.74) is -0.572. The summed E-state index contributed by atoms with van der Waals surface area (Å²) in [5.74, 6) is -2.47. The number of hydrogen-bond donors (Lipinski definition) is 1. The number of methoxy groups -OCH3 is 1. The highest BCUT2D eigenvalue weighted by Crippen LogP contribution is 2.29. The van der Waals surface area contributed by atoms with Crippen LogP contribution in [0.15, 0.2) is 18.2 Å². The van der Waals surface area contributed by atoms with Crippen molar-refractivity contribution in [1.29, 1.82) is 0 Å². The maximum atomic E-state index is 12.0. The number of phenols is 1. The molecule has 6 heteroatoms. The highest BCUT2D eigenvalue weighted by Gasteiger charge is 2.39. The summed E-state index contributed by atoms with van der Waals surface area (Å²) in [5, 5.41) is 9.10. The lowest BCUT2D eigenvalue weighted by Crippen LogP contribution is -2.22. The standard InChI is InChI=1S/C9H7F3O3/c1-15-7-4-5(2-3-6(7)13)8(14)9(10,11)12/h2-4,13H,1H3. The zero-order valence-electron chi connectivity index (χ0n) is 7.63. The summed E-state index contributed by atoms with van der Waals surface area (Å²) >= 11 is 0. The van der Waals surface area contributed by atoms with E-state index < -0.39 is 17.5 Å². The molecule has 0 unspecified atom stereocenters. The molecule has 15 heavy (non-hydrogen) atoms. The molecule has 1 N–H and O–H groups in total. The lowest BCUT2D eigenvalue weighted by Gasteiger charge is -2.07. The first-order valence-corrected chi connectivity index (χ1v) is 3.85. The van der Waals surface area contributed by atoms with Gasteiger partial charge in [-0.2, -0.15) is 13.2 Å². The minimum atomic E-state index is -4.93. The average molecular weight is 220 g/mol. The van der Waals surface area contributed by atoms with Crippen LogP contribution in [0.1, 0.15) is 10.4 Å². The molecule has 0 atom stereocenters. The molecule has 0 aromatic heterocycles. The number of phenolic OH excluding ortho intramolecular Hbond substituents is 1. The van der Waals surface area contributed by atoms with Gasteiger partial charge in [0.15, 0.2) is 11.5 Å². The zero-order valence-corrected chi connectivity index (χ0v) is 7.63. The Morgan fingerprint density at radius 2 is 2.00 bits per heavy atom. The first-order valence-electron chi connectivity index (χ1n) is 3.85. The number of carbonyl (C=O) groups is 1. The van der Waals surface area contributed by atoms with E-state index in [1.54, 1.807) is 0 Å². The van der Waals surface area contributed by atoms with Crippen LogP contribution in [0.25, 0.3) is 0 Å².